The molecule has 0 spiro atoms. The van der Waals surface area contributed by atoms with E-state index < -0.39 is 8.32 Å². The molecule has 1 aliphatic rings. The van der Waals surface area contributed by atoms with Crippen molar-refractivity contribution >= 4 is 8.32 Å². The molecule has 104 valence electrons. The molecular formula is C15H28O2Si. The standard InChI is InChI=1S/C15H28O2Si/c1-12-13(10-11-16)8-7-9-14(12)17-18(5,6)15(2,3)4/h10,14,16H,1,7-9,11H2,2-6H3/b13-10-. The van der Waals surface area contributed by atoms with Gasteiger partial charge in [0.2, 0.25) is 0 Å². The van der Waals surface area contributed by atoms with E-state index in [1.165, 1.54) is 5.57 Å². The molecule has 1 N–H and O–H groups in total. The van der Waals surface area contributed by atoms with Gasteiger partial charge in [0.15, 0.2) is 8.32 Å². The first-order valence-electron chi connectivity index (χ1n) is 6.86. The van der Waals surface area contributed by atoms with Crippen LogP contribution in [0.3, 0.4) is 0 Å². The quantitative estimate of drug-likeness (QED) is 0.783. The second-order valence-corrected chi connectivity index (χ2v) is 11.5. The largest absolute Gasteiger partial charge is 0.410 e. The fourth-order valence-electron chi connectivity index (χ4n) is 2.03. The van der Waals surface area contributed by atoms with E-state index in [9.17, 15) is 0 Å². The Morgan fingerprint density at radius 2 is 2.06 bits per heavy atom. The zero-order chi connectivity index (χ0) is 14.0. The van der Waals surface area contributed by atoms with Crippen molar-refractivity contribution in [3.05, 3.63) is 23.8 Å². The van der Waals surface area contributed by atoms with E-state index >= 15 is 0 Å². The molecule has 18 heavy (non-hydrogen) atoms. The van der Waals surface area contributed by atoms with Crippen molar-refractivity contribution in [3.8, 4) is 0 Å². The maximum atomic E-state index is 9.03. The van der Waals surface area contributed by atoms with Crippen molar-refractivity contribution in [2.24, 2.45) is 0 Å². The van der Waals surface area contributed by atoms with Gasteiger partial charge in [0.1, 0.15) is 0 Å². The summed E-state index contributed by atoms with van der Waals surface area (Å²) in [6.45, 7) is 15.6. The van der Waals surface area contributed by atoms with Crippen molar-refractivity contribution in [2.75, 3.05) is 6.61 Å². The van der Waals surface area contributed by atoms with Crippen LogP contribution in [0.5, 0.6) is 0 Å². The van der Waals surface area contributed by atoms with Gasteiger partial charge in [-0.3, -0.25) is 0 Å². The summed E-state index contributed by atoms with van der Waals surface area (Å²) in [5.41, 5.74) is 2.27. The van der Waals surface area contributed by atoms with Crippen LogP contribution < -0.4 is 0 Å². The van der Waals surface area contributed by atoms with Crippen LogP contribution >= 0.6 is 0 Å². The summed E-state index contributed by atoms with van der Waals surface area (Å²) in [5, 5.41) is 9.26. The van der Waals surface area contributed by atoms with Gasteiger partial charge in [0.25, 0.3) is 0 Å². The summed E-state index contributed by atoms with van der Waals surface area (Å²) in [6.07, 6.45) is 5.25. The van der Waals surface area contributed by atoms with Crippen LogP contribution in [0.25, 0.3) is 0 Å². The highest BCUT2D eigenvalue weighted by atomic mass is 28.4. The zero-order valence-corrected chi connectivity index (χ0v) is 13.5. The van der Waals surface area contributed by atoms with E-state index in [0.717, 1.165) is 24.8 Å². The van der Waals surface area contributed by atoms with Gasteiger partial charge in [-0.15, -0.1) is 0 Å². The Bertz CT molecular complexity index is 337. The average Bonchev–Trinajstić information content (AvgIpc) is 2.22. The maximum absolute atomic E-state index is 9.03. The van der Waals surface area contributed by atoms with Gasteiger partial charge in [0, 0.05) is 0 Å². The Balaban J connectivity index is 2.79. The van der Waals surface area contributed by atoms with E-state index in [1.54, 1.807) is 0 Å². The van der Waals surface area contributed by atoms with Gasteiger partial charge in [-0.2, -0.15) is 0 Å². The molecule has 1 atom stereocenters. The predicted octanol–water partition coefficient (Wildman–Crippen LogP) is 4.04. The van der Waals surface area contributed by atoms with Crippen LogP contribution in [0, 0.1) is 0 Å². The second-order valence-electron chi connectivity index (χ2n) is 6.70. The molecule has 0 aromatic heterocycles. The maximum Gasteiger partial charge on any atom is 0.192 e. The molecule has 0 aromatic rings. The fraction of sp³-hybridized carbons (Fsp3) is 0.733. The third-order valence-electron chi connectivity index (χ3n) is 4.29. The summed E-state index contributed by atoms with van der Waals surface area (Å²) >= 11 is 0. The molecule has 1 unspecified atom stereocenters. The Hall–Kier alpha value is -0.383. The number of hydrogen-bond donors (Lipinski definition) is 1. The molecule has 0 amide bonds. The van der Waals surface area contributed by atoms with Gasteiger partial charge in [0.05, 0.1) is 12.7 Å². The predicted molar refractivity (Wildman–Crippen MR) is 80.2 cm³/mol. The first kappa shape index (κ1) is 15.7. The SMILES string of the molecule is C=C1/C(=C\CO)CCCC1O[Si](C)(C)C(C)(C)C. The highest BCUT2D eigenvalue weighted by Crippen LogP contribution is 2.40. The van der Waals surface area contributed by atoms with Crippen LogP contribution in [-0.4, -0.2) is 26.1 Å². The van der Waals surface area contributed by atoms with Crippen molar-refractivity contribution < 1.29 is 9.53 Å². The molecule has 0 aliphatic heterocycles. The van der Waals surface area contributed by atoms with Crippen molar-refractivity contribution in [2.45, 2.75) is 64.3 Å². The Morgan fingerprint density at radius 3 is 2.56 bits per heavy atom. The summed E-state index contributed by atoms with van der Waals surface area (Å²) < 4.78 is 6.45. The van der Waals surface area contributed by atoms with Crippen LogP contribution in [-0.2, 0) is 4.43 Å². The van der Waals surface area contributed by atoms with Crippen LogP contribution in [0.4, 0.5) is 0 Å². The lowest BCUT2D eigenvalue weighted by Crippen LogP contribution is -2.45. The number of aliphatic hydroxyl groups excluding tert-OH is 1. The first-order valence-corrected chi connectivity index (χ1v) is 9.77. The molecule has 1 fully saturated rings. The van der Waals surface area contributed by atoms with Crippen molar-refractivity contribution in [1.82, 2.24) is 0 Å². The van der Waals surface area contributed by atoms with Crippen LogP contribution in [0.2, 0.25) is 18.1 Å². The second kappa shape index (κ2) is 5.72. The third-order valence-corrected chi connectivity index (χ3v) is 8.78. The minimum Gasteiger partial charge on any atom is -0.410 e. The molecule has 0 radical (unpaired) electrons. The highest BCUT2D eigenvalue weighted by molar-refractivity contribution is 6.74. The lowest BCUT2D eigenvalue weighted by Gasteiger charge is -2.41. The van der Waals surface area contributed by atoms with Gasteiger partial charge < -0.3 is 9.53 Å². The summed E-state index contributed by atoms with van der Waals surface area (Å²) in [6, 6.07) is 0. The summed E-state index contributed by atoms with van der Waals surface area (Å²) in [4.78, 5) is 0. The van der Waals surface area contributed by atoms with Gasteiger partial charge in [-0.1, -0.05) is 33.4 Å². The zero-order valence-electron chi connectivity index (χ0n) is 12.5. The molecular weight excluding hydrogens is 240 g/mol. The van der Waals surface area contributed by atoms with Crippen molar-refractivity contribution in [3.63, 3.8) is 0 Å². The molecule has 1 rings (SSSR count). The lowest BCUT2D eigenvalue weighted by molar-refractivity contribution is 0.194. The van der Waals surface area contributed by atoms with Gasteiger partial charge >= 0.3 is 0 Å². The van der Waals surface area contributed by atoms with E-state index in [-0.39, 0.29) is 17.7 Å². The van der Waals surface area contributed by atoms with Crippen LogP contribution in [0.1, 0.15) is 40.0 Å². The topological polar surface area (TPSA) is 29.5 Å². The van der Waals surface area contributed by atoms with Gasteiger partial charge in [-0.25, -0.2) is 0 Å². The minimum atomic E-state index is -1.74. The average molecular weight is 268 g/mol. The Kier molecular flexibility index (Phi) is 4.98. The summed E-state index contributed by atoms with van der Waals surface area (Å²) in [5.74, 6) is 0. The first-order chi connectivity index (χ1) is 8.19. The Labute approximate surface area is 113 Å². The summed E-state index contributed by atoms with van der Waals surface area (Å²) in [7, 11) is -1.74. The molecule has 1 saturated carbocycles. The minimum absolute atomic E-state index is 0.0984. The Morgan fingerprint density at radius 1 is 1.44 bits per heavy atom. The molecule has 2 nitrogen and oxygen atoms in total. The molecule has 0 heterocycles. The molecule has 0 bridgehead atoms. The van der Waals surface area contributed by atoms with Crippen LogP contribution in [0.15, 0.2) is 23.8 Å². The van der Waals surface area contributed by atoms with E-state index in [2.05, 4.69) is 40.4 Å². The molecule has 1 aliphatic carbocycles. The molecule has 0 saturated heterocycles. The normalized spacial score (nSPS) is 24.7. The monoisotopic (exact) mass is 268 g/mol. The fourth-order valence-corrected chi connectivity index (χ4v) is 3.35. The number of hydrogen-bond acceptors (Lipinski definition) is 2. The third kappa shape index (κ3) is 3.56. The van der Waals surface area contributed by atoms with E-state index in [1.807, 2.05) is 6.08 Å². The molecule has 3 heteroatoms. The van der Waals surface area contributed by atoms with E-state index in [4.69, 9.17) is 9.53 Å². The van der Waals surface area contributed by atoms with Gasteiger partial charge in [-0.05, 0) is 48.5 Å². The van der Waals surface area contributed by atoms with E-state index in [0.29, 0.717) is 0 Å². The lowest BCUT2D eigenvalue weighted by atomic mass is 9.88. The highest BCUT2D eigenvalue weighted by Gasteiger charge is 2.40. The number of aliphatic hydroxyl groups is 1. The molecule has 0 aromatic carbocycles. The number of rotatable bonds is 3. The smallest absolute Gasteiger partial charge is 0.192 e. The van der Waals surface area contributed by atoms with Crippen molar-refractivity contribution in [1.29, 1.82) is 0 Å².